The molecule has 7 heteroatoms. The molecule has 0 radical (unpaired) electrons. The lowest BCUT2D eigenvalue weighted by Gasteiger charge is -2.09. The first-order chi connectivity index (χ1) is 9.43. The smallest absolute Gasteiger partial charge is 0.450 e. The lowest BCUT2D eigenvalue weighted by atomic mass is 10.3. The molecule has 1 heterocycles. The van der Waals surface area contributed by atoms with Crippen molar-refractivity contribution in [1.82, 2.24) is 9.55 Å². The van der Waals surface area contributed by atoms with Crippen molar-refractivity contribution in [3.63, 3.8) is 0 Å². The third-order valence-corrected chi connectivity index (χ3v) is 2.48. The maximum Gasteiger partial charge on any atom is 0.450 e. The second kappa shape index (κ2) is 5.36. The van der Waals surface area contributed by atoms with Gasteiger partial charge in [0.1, 0.15) is 0 Å². The van der Waals surface area contributed by atoms with Gasteiger partial charge in [0.05, 0.1) is 6.61 Å². The average molecular weight is 284 g/mol. The summed E-state index contributed by atoms with van der Waals surface area (Å²) >= 11 is 0. The largest absolute Gasteiger partial charge is 0.461 e. The Kier molecular flexibility index (Phi) is 3.78. The molecule has 4 nitrogen and oxygen atoms in total. The summed E-state index contributed by atoms with van der Waals surface area (Å²) in [4.78, 5) is 14.8. The highest BCUT2D eigenvalue weighted by molar-refractivity contribution is 5.87. The summed E-state index contributed by atoms with van der Waals surface area (Å²) in [5.41, 5.74) is -0.106. The Balaban J connectivity index is 2.52. The number of nitrogens with zero attached hydrogens (tertiary/aromatic N) is 2. The quantitative estimate of drug-likeness (QED) is 0.814. The van der Waals surface area contributed by atoms with E-state index in [4.69, 9.17) is 0 Å². The van der Waals surface area contributed by atoms with Crippen LogP contribution in [-0.4, -0.2) is 22.1 Å². The number of carbonyl (C=O) groups is 1. The zero-order valence-corrected chi connectivity index (χ0v) is 10.5. The number of benzene rings is 1. The molecule has 0 atom stereocenters. The molecule has 106 valence electrons. The Labute approximate surface area is 112 Å². The normalized spacial score (nSPS) is 11.4. The van der Waals surface area contributed by atoms with Crippen LogP contribution < -0.4 is 0 Å². The molecule has 0 aliphatic rings. The molecule has 0 saturated heterocycles. The highest BCUT2D eigenvalue weighted by atomic mass is 19.4. The maximum absolute atomic E-state index is 13.0. The van der Waals surface area contributed by atoms with E-state index in [0.717, 1.165) is 10.8 Å². The predicted octanol–water partition coefficient (Wildman–Crippen LogP) is 3.07. The number of halogens is 3. The van der Waals surface area contributed by atoms with Gasteiger partial charge in [-0.2, -0.15) is 13.2 Å². The minimum atomic E-state index is -4.67. The molecule has 1 aromatic carbocycles. The van der Waals surface area contributed by atoms with Gasteiger partial charge in [-0.1, -0.05) is 18.2 Å². The fourth-order valence-electron chi connectivity index (χ4n) is 1.67. The van der Waals surface area contributed by atoms with Crippen molar-refractivity contribution in [3.05, 3.63) is 48.0 Å². The van der Waals surface area contributed by atoms with Crippen LogP contribution in [0.25, 0.3) is 5.69 Å². The first-order valence-corrected chi connectivity index (χ1v) is 5.82. The molecule has 0 saturated carbocycles. The van der Waals surface area contributed by atoms with Crippen molar-refractivity contribution in [1.29, 1.82) is 0 Å². The fourth-order valence-corrected chi connectivity index (χ4v) is 1.67. The van der Waals surface area contributed by atoms with Crippen LogP contribution in [0.4, 0.5) is 13.2 Å². The van der Waals surface area contributed by atoms with Gasteiger partial charge in [-0.15, -0.1) is 0 Å². The van der Waals surface area contributed by atoms with E-state index < -0.39 is 18.0 Å². The summed E-state index contributed by atoms with van der Waals surface area (Å²) in [7, 11) is 0. The summed E-state index contributed by atoms with van der Waals surface area (Å²) in [6.07, 6.45) is -3.64. The average Bonchev–Trinajstić information content (AvgIpc) is 2.85. The lowest BCUT2D eigenvalue weighted by Crippen LogP contribution is -2.13. The van der Waals surface area contributed by atoms with Gasteiger partial charge in [-0.05, 0) is 19.1 Å². The number of imidazole rings is 1. The monoisotopic (exact) mass is 284 g/mol. The van der Waals surface area contributed by atoms with Crippen molar-refractivity contribution >= 4 is 5.97 Å². The van der Waals surface area contributed by atoms with Crippen molar-refractivity contribution in [2.75, 3.05) is 6.61 Å². The van der Waals surface area contributed by atoms with Crippen LogP contribution >= 0.6 is 0 Å². The van der Waals surface area contributed by atoms with Gasteiger partial charge in [-0.3, -0.25) is 4.57 Å². The third-order valence-electron chi connectivity index (χ3n) is 2.48. The van der Waals surface area contributed by atoms with Crippen LogP contribution in [-0.2, 0) is 10.9 Å². The minimum Gasteiger partial charge on any atom is -0.461 e. The Bertz CT molecular complexity index is 606. The van der Waals surface area contributed by atoms with E-state index in [1.165, 1.54) is 12.1 Å². The van der Waals surface area contributed by atoms with Crippen molar-refractivity contribution < 1.29 is 22.7 Å². The number of rotatable bonds is 3. The number of esters is 1. The van der Waals surface area contributed by atoms with E-state index in [-0.39, 0.29) is 18.0 Å². The van der Waals surface area contributed by atoms with E-state index in [1.54, 1.807) is 25.1 Å². The molecule has 0 aliphatic carbocycles. The number of alkyl halides is 3. The van der Waals surface area contributed by atoms with E-state index in [9.17, 15) is 18.0 Å². The first kappa shape index (κ1) is 14.1. The molecule has 2 aromatic rings. The molecule has 0 unspecified atom stereocenters. The van der Waals surface area contributed by atoms with Gasteiger partial charge in [0.2, 0.25) is 5.82 Å². The molecule has 1 aromatic heterocycles. The van der Waals surface area contributed by atoms with Crippen molar-refractivity contribution in [3.8, 4) is 5.69 Å². The second-order valence-corrected chi connectivity index (χ2v) is 3.87. The Hall–Kier alpha value is -2.31. The topological polar surface area (TPSA) is 44.1 Å². The maximum atomic E-state index is 13.0. The zero-order valence-electron chi connectivity index (χ0n) is 10.5. The number of hydrogen-bond acceptors (Lipinski definition) is 3. The van der Waals surface area contributed by atoms with E-state index in [2.05, 4.69) is 9.72 Å². The Morgan fingerprint density at radius 3 is 2.50 bits per heavy atom. The van der Waals surface area contributed by atoms with Gasteiger partial charge >= 0.3 is 12.1 Å². The molecule has 0 spiro atoms. The zero-order chi connectivity index (χ0) is 14.8. The van der Waals surface area contributed by atoms with Crippen LogP contribution in [0.5, 0.6) is 0 Å². The molecular formula is C13H11F3N2O2. The number of carbonyl (C=O) groups excluding carboxylic acids is 1. The van der Waals surface area contributed by atoms with E-state index in [0.29, 0.717) is 0 Å². The second-order valence-electron chi connectivity index (χ2n) is 3.87. The summed E-state index contributed by atoms with van der Waals surface area (Å²) < 4.78 is 44.4. The number of para-hydroxylation sites is 1. The van der Waals surface area contributed by atoms with Gasteiger partial charge in [0.15, 0.2) is 5.69 Å². The number of aromatic nitrogens is 2. The molecule has 0 bridgehead atoms. The minimum absolute atomic E-state index is 0.0678. The van der Waals surface area contributed by atoms with Crippen LogP contribution in [0.1, 0.15) is 23.2 Å². The van der Waals surface area contributed by atoms with Crippen LogP contribution in [0.2, 0.25) is 0 Å². The molecule has 2 rings (SSSR count). The standard InChI is InChI=1S/C13H11F3N2O2/c1-2-20-11(19)10-8-18(9-6-4-3-5-7-9)12(17-10)13(14,15)16/h3-8H,2H2,1H3. The van der Waals surface area contributed by atoms with Gasteiger partial charge in [0, 0.05) is 11.9 Å². The van der Waals surface area contributed by atoms with Gasteiger partial charge in [0.25, 0.3) is 0 Å². The molecule has 0 amide bonds. The predicted molar refractivity (Wildman–Crippen MR) is 64.5 cm³/mol. The van der Waals surface area contributed by atoms with Crippen molar-refractivity contribution in [2.24, 2.45) is 0 Å². The van der Waals surface area contributed by atoms with E-state index in [1.807, 2.05) is 0 Å². The third kappa shape index (κ3) is 2.81. The summed E-state index contributed by atoms with van der Waals surface area (Å²) in [5, 5.41) is 0. The number of ether oxygens (including phenoxy) is 1. The number of hydrogen-bond donors (Lipinski definition) is 0. The van der Waals surface area contributed by atoms with Crippen LogP contribution in [0.3, 0.4) is 0 Å². The summed E-state index contributed by atoms with van der Waals surface area (Å²) in [6.45, 7) is 1.63. The van der Waals surface area contributed by atoms with Gasteiger partial charge < -0.3 is 4.74 Å². The summed E-state index contributed by atoms with van der Waals surface area (Å²) in [5.74, 6) is -2.04. The van der Waals surface area contributed by atoms with E-state index >= 15 is 0 Å². The SMILES string of the molecule is CCOC(=O)c1cn(-c2ccccc2)c(C(F)(F)F)n1. The van der Waals surface area contributed by atoms with Crippen LogP contribution in [0, 0.1) is 0 Å². The highest BCUT2D eigenvalue weighted by Gasteiger charge is 2.38. The Morgan fingerprint density at radius 2 is 1.95 bits per heavy atom. The lowest BCUT2D eigenvalue weighted by molar-refractivity contribution is -0.145. The summed E-state index contributed by atoms with van der Waals surface area (Å²) in [6, 6.07) is 7.86. The van der Waals surface area contributed by atoms with Crippen molar-refractivity contribution in [2.45, 2.75) is 13.1 Å². The fraction of sp³-hybridized carbons (Fsp3) is 0.231. The molecule has 20 heavy (non-hydrogen) atoms. The molecular weight excluding hydrogens is 273 g/mol. The molecule has 0 fully saturated rings. The van der Waals surface area contributed by atoms with Crippen LogP contribution in [0.15, 0.2) is 36.5 Å². The molecule has 0 N–H and O–H groups in total. The van der Waals surface area contributed by atoms with Gasteiger partial charge in [-0.25, -0.2) is 9.78 Å². The highest BCUT2D eigenvalue weighted by Crippen LogP contribution is 2.30. The first-order valence-electron chi connectivity index (χ1n) is 5.82. The Morgan fingerprint density at radius 1 is 1.30 bits per heavy atom. The molecule has 0 aliphatic heterocycles.